The number of imidazole rings is 1. The van der Waals surface area contributed by atoms with Crippen LogP contribution in [0.5, 0.6) is 0 Å². The fourth-order valence-corrected chi connectivity index (χ4v) is 2.54. The summed E-state index contributed by atoms with van der Waals surface area (Å²) in [6.45, 7) is 2.45. The Labute approximate surface area is 133 Å². The monoisotopic (exact) mass is 313 g/mol. The van der Waals surface area contributed by atoms with Crippen molar-refractivity contribution < 1.29 is 4.79 Å². The number of benzene rings is 1. The van der Waals surface area contributed by atoms with Gasteiger partial charge in [0.05, 0.1) is 5.52 Å². The van der Waals surface area contributed by atoms with Crippen molar-refractivity contribution >= 4 is 23.0 Å². The zero-order valence-corrected chi connectivity index (χ0v) is 13.0. The molecule has 2 heterocycles. The summed E-state index contributed by atoms with van der Waals surface area (Å²) >= 11 is 5.85. The molecule has 1 N–H and O–H groups in total. The minimum atomic E-state index is -0.147. The van der Waals surface area contributed by atoms with Crippen molar-refractivity contribution in [1.82, 2.24) is 14.7 Å². The number of amides is 1. The van der Waals surface area contributed by atoms with Gasteiger partial charge in [0.25, 0.3) is 5.91 Å². The van der Waals surface area contributed by atoms with Gasteiger partial charge in [-0.15, -0.1) is 0 Å². The maximum atomic E-state index is 12.3. The van der Waals surface area contributed by atoms with Gasteiger partial charge in [0, 0.05) is 17.8 Å². The third-order valence-electron chi connectivity index (χ3n) is 3.55. The first kappa shape index (κ1) is 14.6. The minimum absolute atomic E-state index is 0.147. The fraction of sp³-hybridized carbons (Fsp3) is 0.176. The molecule has 0 aliphatic carbocycles. The van der Waals surface area contributed by atoms with Gasteiger partial charge in [0.2, 0.25) is 0 Å². The van der Waals surface area contributed by atoms with E-state index in [9.17, 15) is 4.79 Å². The van der Waals surface area contributed by atoms with Crippen LogP contribution in [0.1, 0.15) is 21.9 Å². The number of fused-ring (bicyclic) bond motifs is 1. The van der Waals surface area contributed by atoms with E-state index in [0.29, 0.717) is 17.3 Å². The molecule has 0 fully saturated rings. The predicted octanol–water partition coefficient (Wildman–Crippen LogP) is 3.27. The fourth-order valence-electron chi connectivity index (χ4n) is 2.41. The van der Waals surface area contributed by atoms with Crippen LogP contribution in [0.15, 0.2) is 48.7 Å². The van der Waals surface area contributed by atoms with Gasteiger partial charge in [-0.05, 0) is 43.2 Å². The van der Waals surface area contributed by atoms with E-state index in [-0.39, 0.29) is 5.91 Å². The van der Waals surface area contributed by atoms with Crippen molar-refractivity contribution in [1.29, 1.82) is 0 Å². The number of aryl methyl sites for hydroxylation is 1. The highest BCUT2D eigenvalue weighted by molar-refractivity contribution is 6.30. The van der Waals surface area contributed by atoms with Crippen molar-refractivity contribution in [2.45, 2.75) is 13.3 Å². The zero-order valence-electron chi connectivity index (χ0n) is 12.2. The molecular weight excluding hydrogens is 298 g/mol. The smallest absolute Gasteiger partial charge is 0.272 e. The van der Waals surface area contributed by atoms with E-state index in [1.165, 1.54) is 0 Å². The molecule has 0 bridgehead atoms. The van der Waals surface area contributed by atoms with Crippen molar-refractivity contribution in [2.24, 2.45) is 0 Å². The lowest BCUT2D eigenvalue weighted by molar-refractivity contribution is 0.0951. The first-order chi connectivity index (χ1) is 10.6. The van der Waals surface area contributed by atoms with E-state index in [4.69, 9.17) is 11.6 Å². The molecule has 5 heteroatoms. The number of nitrogens with zero attached hydrogens (tertiary/aromatic N) is 2. The highest BCUT2D eigenvalue weighted by atomic mass is 35.5. The number of pyridine rings is 1. The van der Waals surface area contributed by atoms with Crippen LogP contribution in [0.3, 0.4) is 0 Å². The van der Waals surface area contributed by atoms with Gasteiger partial charge in [0.1, 0.15) is 5.82 Å². The second kappa shape index (κ2) is 6.20. The Morgan fingerprint density at radius 3 is 2.77 bits per heavy atom. The minimum Gasteiger partial charge on any atom is -0.350 e. The summed E-state index contributed by atoms with van der Waals surface area (Å²) in [6.07, 6.45) is 2.66. The average Bonchev–Trinajstić information content (AvgIpc) is 2.87. The molecule has 0 aliphatic rings. The third-order valence-corrected chi connectivity index (χ3v) is 3.80. The Balaban J connectivity index is 1.67. The first-order valence-electron chi connectivity index (χ1n) is 7.11. The third kappa shape index (κ3) is 2.97. The van der Waals surface area contributed by atoms with Gasteiger partial charge in [-0.3, -0.25) is 4.79 Å². The number of carbonyl (C=O) groups is 1. The summed E-state index contributed by atoms with van der Waals surface area (Å²) in [5.41, 5.74) is 2.42. The van der Waals surface area contributed by atoms with Gasteiger partial charge < -0.3 is 9.72 Å². The van der Waals surface area contributed by atoms with E-state index in [2.05, 4.69) is 10.3 Å². The summed E-state index contributed by atoms with van der Waals surface area (Å²) < 4.78 is 1.91. The van der Waals surface area contributed by atoms with Crippen LogP contribution in [0.2, 0.25) is 5.02 Å². The maximum absolute atomic E-state index is 12.3. The highest BCUT2D eigenvalue weighted by Gasteiger charge is 2.14. The van der Waals surface area contributed by atoms with Crippen LogP contribution in [-0.2, 0) is 6.42 Å². The molecule has 3 rings (SSSR count). The molecule has 0 atom stereocenters. The molecular formula is C17H16ClN3O. The van der Waals surface area contributed by atoms with Crippen molar-refractivity contribution in [3.8, 4) is 0 Å². The summed E-state index contributed by atoms with van der Waals surface area (Å²) in [4.78, 5) is 16.7. The molecule has 0 spiro atoms. The van der Waals surface area contributed by atoms with Gasteiger partial charge in [-0.1, -0.05) is 29.8 Å². The summed E-state index contributed by atoms with van der Waals surface area (Å²) in [7, 11) is 0. The first-order valence-corrected chi connectivity index (χ1v) is 7.49. The van der Waals surface area contributed by atoms with Crippen molar-refractivity contribution in [2.75, 3.05) is 6.54 Å². The van der Waals surface area contributed by atoms with Gasteiger partial charge >= 0.3 is 0 Å². The summed E-state index contributed by atoms with van der Waals surface area (Å²) in [5.74, 6) is 0.657. The quantitative estimate of drug-likeness (QED) is 0.803. The topological polar surface area (TPSA) is 46.4 Å². The Bertz CT molecular complexity index is 808. The van der Waals surface area contributed by atoms with E-state index in [1.54, 1.807) is 0 Å². The van der Waals surface area contributed by atoms with Gasteiger partial charge in [-0.25, -0.2) is 4.98 Å². The molecule has 22 heavy (non-hydrogen) atoms. The average molecular weight is 314 g/mol. The van der Waals surface area contributed by atoms with Crippen LogP contribution in [0, 0.1) is 6.92 Å². The lowest BCUT2D eigenvalue weighted by Gasteiger charge is -2.04. The molecule has 0 unspecified atom stereocenters. The summed E-state index contributed by atoms with van der Waals surface area (Å²) in [5, 5.41) is 3.64. The Hall–Kier alpha value is -2.33. The molecule has 0 radical (unpaired) electrons. The summed E-state index contributed by atoms with van der Waals surface area (Å²) in [6, 6.07) is 13.4. The van der Waals surface area contributed by atoms with Crippen LogP contribution in [0.25, 0.3) is 5.52 Å². The van der Waals surface area contributed by atoms with E-state index in [1.807, 2.05) is 60.0 Å². The molecule has 3 aromatic rings. The van der Waals surface area contributed by atoms with Crippen LogP contribution < -0.4 is 5.32 Å². The molecule has 0 saturated heterocycles. The standard InChI is InChI=1S/C17H16ClN3O/c1-12-20-16(15-4-2-3-11-21(12)15)17(22)19-10-9-13-5-7-14(18)8-6-13/h2-8,11H,9-10H2,1H3,(H,19,22). The largest absolute Gasteiger partial charge is 0.350 e. The van der Waals surface area contributed by atoms with E-state index in [0.717, 1.165) is 23.3 Å². The number of halogens is 1. The molecule has 4 nitrogen and oxygen atoms in total. The maximum Gasteiger partial charge on any atom is 0.272 e. The van der Waals surface area contributed by atoms with E-state index >= 15 is 0 Å². The SMILES string of the molecule is Cc1nc(C(=O)NCCc2ccc(Cl)cc2)c2ccccn12. The molecule has 1 amide bonds. The van der Waals surface area contributed by atoms with Crippen LogP contribution in [-0.4, -0.2) is 21.8 Å². The zero-order chi connectivity index (χ0) is 15.5. The molecule has 1 aromatic carbocycles. The van der Waals surface area contributed by atoms with Gasteiger partial charge in [-0.2, -0.15) is 0 Å². The number of nitrogens with one attached hydrogen (secondary N) is 1. The van der Waals surface area contributed by atoms with E-state index < -0.39 is 0 Å². The van der Waals surface area contributed by atoms with Crippen molar-refractivity contribution in [3.63, 3.8) is 0 Å². The normalized spacial score (nSPS) is 10.8. The van der Waals surface area contributed by atoms with Crippen molar-refractivity contribution in [3.05, 3.63) is 70.8 Å². The van der Waals surface area contributed by atoms with Crippen LogP contribution >= 0.6 is 11.6 Å². The molecule has 2 aromatic heterocycles. The number of rotatable bonds is 4. The molecule has 112 valence electrons. The number of hydrogen-bond acceptors (Lipinski definition) is 2. The lowest BCUT2D eigenvalue weighted by atomic mass is 10.1. The number of hydrogen-bond donors (Lipinski definition) is 1. The lowest BCUT2D eigenvalue weighted by Crippen LogP contribution is -2.26. The number of aromatic nitrogens is 2. The van der Waals surface area contributed by atoms with Crippen LogP contribution in [0.4, 0.5) is 0 Å². The second-order valence-corrected chi connectivity index (χ2v) is 5.53. The second-order valence-electron chi connectivity index (χ2n) is 5.10. The molecule has 0 aliphatic heterocycles. The van der Waals surface area contributed by atoms with Gasteiger partial charge in [0.15, 0.2) is 5.69 Å². The molecule has 0 saturated carbocycles. The number of carbonyl (C=O) groups excluding carboxylic acids is 1. The Morgan fingerprint density at radius 2 is 2.00 bits per heavy atom. The highest BCUT2D eigenvalue weighted by Crippen LogP contribution is 2.13. The Morgan fingerprint density at radius 1 is 1.23 bits per heavy atom. The Kier molecular flexibility index (Phi) is 4.11. The predicted molar refractivity (Wildman–Crippen MR) is 87.4 cm³/mol.